The summed E-state index contributed by atoms with van der Waals surface area (Å²) in [4.78, 5) is 31.6. The number of likely N-dealkylation sites (tertiary alicyclic amines) is 1. The van der Waals surface area contributed by atoms with E-state index >= 15 is 0 Å². The fourth-order valence-corrected chi connectivity index (χ4v) is 5.24. The number of benzene rings is 1. The van der Waals surface area contributed by atoms with Crippen molar-refractivity contribution in [2.24, 2.45) is 0 Å². The number of piperidine rings is 1. The highest BCUT2D eigenvalue weighted by Gasteiger charge is 2.25. The number of rotatable bonds is 5. The predicted octanol–water partition coefficient (Wildman–Crippen LogP) is 4.28. The lowest BCUT2D eigenvalue weighted by Crippen LogP contribution is -2.51. The summed E-state index contributed by atoms with van der Waals surface area (Å²) in [6.45, 7) is 3.43. The molecule has 4 rings (SSSR count). The summed E-state index contributed by atoms with van der Waals surface area (Å²) in [7, 11) is 0. The second kappa shape index (κ2) is 10.3. The van der Waals surface area contributed by atoms with E-state index in [0.29, 0.717) is 25.6 Å². The summed E-state index contributed by atoms with van der Waals surface area (Å²) in [5.41, 5.74) is 3.14. The standard InChI is InChI=1S/C24H32N4O2S/c1-17-7-9-18(10-8-17)23-25-21(16-31-23)15-22(29)28-13-11-20(12-14-28)27-24(30)26-19-5-3-2-4-6-19/h7-10,16,19-20H,2-6,11-15H2,1H3,(H2,26,27,30). The van der Waals surface area contributed by atoms with Gasteiger partial charge in [-0.15, -0.1) is 11.3 Å². The molecule has 2 fully saturated rings. The van der Waals surface area contributed by atoms with E-state index in [0.717, 1.165) is 41.9 Å². The second-order valence-electron chi connectivity index (χ2n) is 8.79. The molecule has 2 heterocycles. The van der Waals surface area contributed by atoms with Gasteiger partial charge in [-0.1, -0.05) is 49.1 Å². The summed E-state index contributed by atoms with van der Waals surface area (Å²) in [5.74, 6) is 0.117. The van der Waals surface area contributed by atoms with Crippen LogP contribution in [0.5, 0.6) is 0 Å². The van der Waals surface area contributed by atoms with Crippen molar-refractivity contribution >= 4 is 23.3 Å². The summed E-state index contributed by atoms with van der Waals surface area (Å²) in [5, 5.41) is 9.15. The number of thiazole rings is 1. The van der Waals surface area contributed by atoms with Crippen LogP contribution in [0.4, 0.5) is 4.79 Å². The van der Waals surface area contributed by atoms with E-state index in [9.17, 15) is 9.59 Å². The molecule has 0 unspecified atom stereocenters. The molecule has 6 nitrogen and oxygen atoms in total. The zero-order chi connectivity index (χ0) is 21.6. The van der Waals surface area contributed by atoms with E-state index in [1.54, 1.807) is 11.3 Å². The number of hydrogen-bond acceptors (Lipinski definition) is 4. The lowest BCUT2D eigenvalue weighted by molar-refractivity contribution is -0.131. The minimum Gasteiger partial charge on any atom is -0.342 e. The van der Waals surface area contributed by atoms with E-state index in [4.69, 9.17) is 0 Å². The summed E-state index contributed by atoms with van der Waals surface area (Å²) < 4.78 is 0. The Bertz CT molecular complexity index is 881. The quantitative estimate of drug-likeness (QED) is 0.729. The minimum absolute atomic E-state index is 0.0530. The van der Waals surface area contributed by atoms with Gasteiger partial charge in [-0.05, 0) is 32.6 Å². The van der Waals surface area contributed by atoms with Gasteiger partial charge in [0.1, 0.15) is 5.01 Å². The Morgan fingerprint density at radius 3 is 2.32 bits per heavy atom. The maximum atomic E-state index is 12.7. The maximum Gasteiger partial charge on any atom is 0.315 e. The van der Waals surface area contributed by atoms with E-state index in [-0.39, 0.29) is 18.0 Å². The summed E-state index contributed by atoms with van der Waals surface area (Å²) in [6, 6.07) is 8.70. The minimum atomic E-state index is -0.0530. The van der Waals surface area contributed by atoms with Gasteiger partial charge in [0.25, 0.3) is 0 Å². The fraction of sp³-hybridized carbons (Fsp3) is 0.542. The van der Waals surface area contributed by atoms with E-state index in [1.807, 2.05) is 10.3 Å². The molecular formula is C24H32N4O2S. The predicted molar refractivity (Wildman–Crippen MR) is 124 cm³/mol. The first-order valence-electron chi connectivity index (χ1n) is 11.4. The summed E-state index contributed by atoms with van der Waals surface area (Å²) in [6.07, 6.45) is 7.80. The number of nitrogens with zero attached hydrogens (tertiary/aromatic N) is 2. The normalized spacial score (nSPS) is 18.0. The molecule has 1 saturated carbocycles. The first-order chi connectivity index (χ1) is 15.1. The number of hydrogen-bond donors (Lipinski definition) is 2. The van der Waals surface area contributed by atoms with Gasteiger partial charge in [0, 0.05) is 36.1 Å². The molecule has 0 spiro atoms. The Morgan fingerprint density at radius 1 is 1.00 bits per heavy atom. The molecule has 2 aliphatic rings. The molecule has 0 bridgehead atoms. The Labute approximate surface area is 188 Å². The van der Waals surface area contributed by atoms with Gasteiger partial charge in [0.15, 0.2) is 0 Å². The largest absolute Gasteiger partial charge is 0.342 e. The number of amides is 3. The third-order valence-corrected chi connectivity index (χ3v) is 7.25. The Morgan fingerprint density at radius 2 is 1.65 bits per heavy atom. The maximum absolute atomic E-state index is 12.7. The first-order valence-corrected chi connectivity index (χ1v) is 12.3. The highest BCUT2D eigenvalue weighted by Crippen LogP contribution is 2.24. The molecule has 31 heavy (non-hydrogen) atoms. The van der Waals surface area contributed by atoms with Gasteiger partial charge in [-0.2, -0.15) is 0 Å². The van der Waals surface area contributed by atoms with E-state index in [2.05, 4.69) is 46.8 Å². The van der Waals surface area contributed by atoms with Gasteiger partial charge >= 0.3 is 6.03 Å². The van der Waals surface area contributed by atoms with Gasteiger partial charge in [-0.25, -0.2) is 9.78 Å². The number of aromatic nitrogens is 1. The molecule has 0 atom stereocenters. The number of carbonyl (C=O) groups excluding carboxylic acids is 2. The monoisotopic (exact) mass is 440 g/mol. The lowest BCUT2D eigenvalue weighted by atomic mass is 9.96. The van der Waals surface area contributed by atoms with Crippen molar-refractivity contribution in [3.63, 3.8) is 0 Å². The highest BCUT2D eigenvalue weighted by atomic mass is 32.1. The Balaban J connectivity index is 1.21. The molecule has 7 heteroatoms. The first kappa shape index (κ1) is 21.8. The number of nitrogens with one attached hydrogen (secondary N) is 2. The Kier molecular flexibility index (Phi) is 7.22. The number of aryl methyl sites for hydroxylation is 1. The second-order valence-corrected chi connectivity index (χ2v) is 9.65. The van der Waals surface area contributed by atoms with Crippen molar-refractivity contribution in [1.82, 2.24) is 20.5 Å². The van der Waals surface area contributed by atoms with Crippen LogP contribution in [0.25, 0.3) is 10.6 Å². The van der Waals surface area contributed by atoms with Crippen LogP contribution in [-0.2, 0) is 11.2 Å². The molecule has 1 aliphatic heterocycles. The van der Waals surface area contributed by atoms with Gasteiger partial charge in [-0.3, -0.25) is 4.79 Å². The molecule has 3 amide bonds. The fourth-order valence-electron chi connectivity index (χ4n) is 4.42. The van der Waals surface area contributed by atoms with Crippen molar-refractivity contribution in [2.45, 2.75) is 70.4 Å². The van der Waals surface area contributed by atoms with Crippen LogP contribution >= 0.6 is 11.3 Å². The SMILES string of the molecule is Cc1ccc(-c2nc(CC(=O)N3CCC(NC(=O)NC4CCCCC4)CC3)cs2)cc1. The van der Waals surface area contributed by atoms with Gasteiger partial charge in [0.2, 0.25) is 5.91 Å². The third kappa shape index (κ3) is 6.06. The van der Waals surface area contributed by atoms with Crippen LogP contribution in [0.15, 0.2) is 29.6 Å². The molecule has 0 radical (unpaired) electrons. The van der Waals surface area contributed by atoms with Crippen molar-refractivity contribution < 1.29 is 9.59 Å². The smallest absolute Gasteiger partial charge is 0.315 e. The molecule has 1 aromatic carbocycles. The molecule has 1 aliphatic carbocycles. The number of urea groups is 1. The van der Waals surface area contributed by atoms with Gasteiger partial charge in [0.05, 0.1) is 12.1 Å². The molecule has 2 aromatic rings. The van der Waals surface area contributed by atoms with Crippen LogP contribution in [0.3, 0.4) is 0 Å². The number of carbonyl (C=O) groups is 2. The summed E-state index contributed by atoms with van der Waals surface area (Å²) >= 11 is 1.58. The van der Waals surface area contributed by atoms with Crippen LogP contribution in [0, 0.1) is 6.92 Å². The van der Waals surface area contributed by atoms with Crippen LogP contribution in [0.2, 0.25) is 0 Å². The molecule has 2 N–H and O–H groups in total. The van der Waals surface area contributed by atoms with Crippen molar-refractivity contribution in [3.05, 3.63) is 40.9 Å². The zero-order valence-electron chi connectivity index (χ0n) is 18.2. The highest BCUT2D eigenvalue weighted by molar-refractivity contribution is 7.13. The zero-order valence-corrected chi connectivity index (χ0v) is 19.0. The molecule has 1 saturated heterocycles. The molecule has 166 valence electrons. The average molecular weight is 441 g/mol. The Hall–Kier alpha value is -2.41. The van der Waals surface area contributed by atoms with Crippen molar-refractivity contribution in [1.29, 1.82) is 0 Å². The molecular weight excluding hydrogens is 408 g/mol. The van der Waals surface area contributed by atoms with Crippen LogP contribution in [0.1, 0.15) is 56.2 Å². The average Bonchev–Trinajstić information content (AvgIpc) is 3.24. The van der Waals surface area contributed by atoms with Crippen molar-refractivity contribution in [3.8, 4) is 10.6 Å². The third-order valence-electron chi connectivity index (χ3n) is 6.31. The van der Waals surface area contributed by atoms with E-state index < -0.39 is 0 Å². The van der Waals surface area contributed by atoms with E-state index in [1.165, 1.54) is 24.8 Å². The van der Waals surface area contributed by atoms with Gasteiger partial charge < -0.3 is 15.5 Å². The van der Waals surface area contributed by atoms with Crippen LogP contribution in [-0.4, -0.2) is 47.0 Å². The van der Waals surface area contributed by atoms with Crippen molar-refractivity contribution in [2.75, 3.05) is 13.1 Å². The topological polar surface area (TPSA) is 74.3 Å². The van der Waals surface area contributed by atoms with Crippen LogP contribution < -0.4 is 10.6 Å². The lowest BCUT2D eigenvalue weighted by Gasteiger charge is -2.33. The molecule has 1 aromatic heterocycles.